The second-order valence-electron chi connectivity index (χ2n) is 9.49. The molecule has 0 unspecified atom stereocenters. The first-order chi connectivity index (χ1) is 15.7. The third-order valence-corrected chi connectivity index (χ3v) is 5.88. The summed E-state index contributed by atoms with van der Waals surface area (Å²) in [5, 5.41) is 0. The fourth-order valence-electron chi connectivity index (χ4n) is 4.28. The summed E-state index contributed by atoms with van der Waals surface area (Å²) in [6, 6.07) is 12.7. The highest BCUT2D eigenvalue weighted by atomic mass is 16.6. The first-order valence-corrected chi connectivity index (χ1v) is 11.4. The topological polar surface area (TPSA) is 76.2 Å². The van der Waals surface area contributed by atoms with Gasteiger partial charge in [0.05, 0.1) is 11.3 Å². The molecule has 0 aliphatic carbocycles. The Hall–Kier alpha value is -3.35. The van der Waals surface area contributed by atoms with Gasteiger partial charge in [-0.25, -0.2) is 14.4 Å². The average molecular weight is 451 g/mol. The van der Waals surface area contributed by atoms with Crippen LogP contribution in [0.25, 0.3) is 0 Å². The van der Waals surface area contributed by atoms with E-state index >= 15 is 0 Å². The van der Waals surface area contributed by atoms with Crippen LogP contribution in [0.15, 0.2) is 42.5 Å². The summed E-state index contributed by atoms with van der Waals surface area (Å²) in [6.07, 6.45) is 2.10. The SMILES string of the molecule is CC(C)(C)OC(=O)N1CCc2cc3c(cc2CC1)N(C(=O)OC(=O)c1ccccc1)CCC3. The van der Waals surface area contributed by atoms with E-state index in [-0.39, 0.29) is 6.09 Å². The summed E-state index contributed by atoms with van der Waals surface area (Å²) < 4.78 is 10.7. The number of carbonyl (C=O) groups is 3. The van der Waals surface area contributed by atoms with E-state index in [9.17, 15) is 14.4 Å². The summed E-state index contributed by atoms with van der Waals surface area (Å²) in [5.41, 5.74) is 3.95. The number of rotatable bonds is 1. The maximum atomic E-state index is 12.9. The monoisotopic (exact) mass is 450 g/mol. The third kappa shape index (κ3) is 5.35. The second kappa shape index (κ2) is 9.25. The standard InChI is InChI=1S/C26H30N2O5/c1-26(2,3)33-24(30)27-14-11-19-16-21-10-7-13-28(22(21)17-20(19)12-15-27)25(31)32-23(29)18-8-5-4-6-9-18/h4-6,8-9,16-17H,7,10-15H2,1-3H3. The van der Waals surface area contributed by atoms with Crippen LogP contribution < -0.4 is 4.90 Å². The number of hydrogen-bond acceptors (Lipinski definition) is 5. The van der Waals surface area contributed by atoms with Crippen LogP contribution in [0.1, 0.15) is 54.2 Å². The lowest BCUT2D eigenvalue weighted by Crippen LogP contribution is -2.38. The average Bonchev–Trinajstić information content (AvgIpc) is 2.98. The van der Waals surface area contributed by atoms with Gasteiger partial charge in [-0.3, -0.25) is 4.90 Å². The lowest BCUT2D eigenvalue weighted by molar-refractivity contribution is 0.0258. The molecule has 0 aromatic heterocycles. The Morgan fingerprint density at radius 3 is 2.15 bits per heavy atom. The number of hydrogen-bond donors (Lipinski definition) is 0. The highest BCUT2D eigenvalue weighted by Crippen LogP contribution is 2.32. The molecule has 2 heterocycles. The predicted molar refractivity (Wildman–Crippen MR) is 125 cm³/mol. The van der Waals surface area contributed by atoms with Gasteiger partial charge >= 0.3 is 18.2 Å². The Balaban J connectivity index is 1.50. The van der Waals surface area contributed by atoms with Gasteiger partial charge in [-0.2, -0.15) is 0 Å². The van der Waals surface area contributed by atoms with Gasteiger partial charge in [-0.1, -0.05) is 24.3 Å². The van der Waals surface area contributed by atoms with Gasteiger partial charge in [-0.15, -0.1) is 0 Å². The lowest BCUT2D eigenvalue weighted by Gasteiger charge is -2.29. The Bertz CT molecular complexity index is 1060. The third-order valence-electron chi connectivity index (χ3n) is 5.88. The summed E-state index contributed by atoms with van der Waals surface area (Å²) >= 11 is 0. The minimum absolute atomic E-state index is 0.301. The summed E-state index contributed by atoms with van der Waals surface area (Å²) in [7, 11) is 0. The smallest absolute Gasteiger partial charge is 0.422 e. The molecule has 174 valence electrons. The Morgan fingerprint density at radius 1 is 0.818 bits per heavy atom. The van der Waals surface area contributed by atoms with E-state index in [2.05, 4.69) is 6.07 Å². The van der Waals surface area contributed by atoms with E-state index in [4.69, 9.17) is 9.47 Å². The molecule has 0 N–H and O–H groups in total. The zero-order valence-electron chi connectivity index (χ0n) is 19.4. The van der Waals surface area contributed by atoms with Crippen molar-refractivity contribution in [2.45, 2.75) is 52.1 Å². The highest BCUT2D eigenvalue weighted by molar-refractivity contribution is 6.01. The Kier molecular flexibility index (Phi) is 6.40. The van der Waals surface area contributed by atoms with E-state index in [1.807, 2.05) is 26.8 Å². The molecule has 4 rings (SSSR count). The van der Waals surface area contributed by atoms with Crippen molar-refractivity contribution in [1.82, 2.24) is 4.90 Å². The maximum absolute atomic E-state index is 12.9. The fourth-order valence-corrected chi connectivity index (χ4v) is 4.28. The molecule has 2 amide bonds. The van der Waals surface area contributed by atoms with Crippen LogP contribution in [0, 0.1) is 0 Å². The van der Waals surface area contributed by atoms with E-state index in [0.29, 0.717) is 31.6 Å². The molecule has 2 aliphatic rings. The molecule has 0 atom stereocenters. The highest BCUT2D eigenvalue weighted by Gasteiger charge is 2.29. The van der Waals surface area contributed by atoms with Crippen molar-refractivity contribution in [2.24, 2.45) is 0 Å². The van der Waals surface area contributed by atoms with Crippen molar-refractivity contribution in [3.63, 3.8) is 0 Å². The van der Waals surface area contributed by atoms with Crippen LogP contribution in [0.3, 0.4) is 0 Å². The molecule has 2 aromatic rings. The fraction of sp³-hybridized carbons (Fsp3) is 0.423. The molecule has 0 bridgehead atoms. The Morgan fingerprint density at radius 2 is 1.48 bits per heavy atom. The minimum atomic E-state index is -0.659. The van der Waals surface area contributed by atoms with Gasteiger partial charge in [0.15, 0.2) is 0 Å². The van der Waals surface area contributed by atoms with Crippen molar-refractivity contribution in [3.05, 3.63) is 64.7 Å². The van der Waals surface area contributed by atoms with Gasteiger partial charge < -0.3 is 14.4 Å². The lowest BCUT2D eigenvalue weighted by atomic mass is 9.93. The van der Waals surface area contributed by atoms with Crippen molar-refractivity contribution < 1.29 is 23.9 Å². The van der Waals surface area contributed by atoms with Crippen molar-refractivity contribution >= 4 is 23.8 Å². The largest absolute Gasteiger partial charge is 0.444 e. The van der Waals surface area contributed by atoms with Gasteiger partial charge in [-0.05, 0) is 81.3 Å². The van der Waals surface area contributed by atoms with Crippen molar-refractivity contribution in [3.8, 4) is 0 Å². The van der Waals surface area contributed by atoms with Crippen molar-refractivity contribution in [2.75, 3.05) is 24.5 Å². The molecular weight excluding hydrogens is 420 g/mol. The number of nitrogens with zero attached hydrogens (tertiary/aromatic N) is 2. The summed E-state index contributed by atoms with van der Waals surface area (Å²) in [4.78, 5) is 41.1. The number of fused-ring (bicyclic) bond motifs is 2. The summed E-state index contributed by atoms with van der Waals surface area (Å²) in [6.45, 7) is 7.23. The quantitative estimate of drug-likeness (QED) is 0.463. The molecule has 7 nitrogen and oxygen atoms in total. The molecule has 0 saturated heterocycles. The number of esters is 1. The zero-order valence-corrected chi connectivity index (χ0v) is 19.4. The van der Waals surface area contributed by atoms with Gasteiger partial charge in [0, 0.05) is 19.6 Å². The molecule has 2 aliphatic heterocycles. The predicted octanol–water partition coefficient (Wildman–Crippen LogP) is 4.75. The molecule has 2 aromatic carbocycles. The van der Waals surface area contributed by atoms with Crippen LogP contribution in [-0.2, 0) is 28.7 Å². The first kappa shape index (κ1) is 22.8. The van der Waals surface area contributed by atoms with E-state index < -0.39 is 17.7 Å². The number of benzene rings is 2. The second-order valence-corrected chi connectivity index (χ2v) is 9.49. The first-order valence-electron chi connectivity index (χ1n) is 11.4. The molecular formula is C26H30N2O5. The maximum Gasteiger partial charge on any atom is 0.422 e. The van der Waals surface area contributed by atoms with Crippen molar-refractivity contribution in [1.29, 1.82) is 0 Å². The van der Waals surface area contributed by atoms with E-state index in [1.165, 1.54) is 5.56 Å². The molecule has 0 fully saturated rings. The molecule has 0 radical (unpaired) electrons. The number of amides is 2. The minimum Gasteiger partial charge on any atom is -0.444 e. The van der Waals surface area contributed by atoms with Gasteiger partial charge in [0.2, 0.25) is 0 Å². The zero-order chi connectivity index (χ0) is 23.6. The number of anilines is 1. The van der Waals surface area contributed by atoms with Crippen LogP contribution >= 0.6 is 0 Å². The molecule has 33 heavy (non-hydrogen) atoms. The molecule has 0 saturated carbocycles. The van der Waals surface area contributed by atoms with Crippen LogP contribution in [0.2, 0.25) is 0 Å². The number of carbonyl (C=O) groups excluding carboxylic acids is 3. The normalized spacial score (nSPS) is 15.7. The van der Waals surface area contributed by atoms with Gasteiger partial charge in [0.1, 0.15) is 5.60 Å². The number of ether oxygens (including phenoxy) is 2. The van der Waals surface area contributed by atoms with E-state index in [1.54, 1.807) is 40.1 Å². The number of aryl methyl sites for hydroxylation is 1. The van der Waals surface area contributed by atoms with Crippen LogP contribution in [-0.4, -0.2) is 48.3 Å². The molecule has 7 heteroatoms. The van der Waals surface area contributed by atoms with Crippen LogP contribution in [0.5, 0.6) is 0 Å². The van der Waals surface area contributed by atoms with Crippen LogP contribution in [0.4, 0.5) is 15.3 Å². The van der Waals surface area contributed by atoms with E-state index in [0.717, 1.165) is 36.1 Å². The molecule has 0 spiro atoms. The summed E-state index contributed by atoms with van der Waals surface area (Å²) in [5.74, 6) is -0.657. The Labute approximate surface area is 194 Å². The van der Waals surface area contributed by atoms with Gasteiger partial charge in [0.25, 0.3) is 0 Å².